The van der Waals surface area contributed by atoms with Gasteiger partial charge in [-0.2, -0.15) is 0 Å². The number of carboxylic acid groups (broad SMARTS) is 2. The van der Waals surface area contributed by atoms with Gasteiger partial charge in [0, 0.05) is 35.9 Å². The van der Waals surface area contributed by atoms with E-state index in [0.717, 1.165) is 38.3 Å². The molecule has 0 aliphatic carbocycles. The molecular weight excluding hydrogens is 352 g/mol. The Kier molecular flexibility index (Phi) is 7.38. The van der Waals surface area contributed by atoms with Crippen LogP contribution in [0.2, 0.25) is 0 Å². The van der Waals surface area contributed by atoms with Crippen molar-refractivity contribution in [2.45, 2.75) is 6.54 Å². The third-order valence-corrected chi connectivity index (χ3v) is 4.06. The zero-order valence-electron chi connectivity index (χ0n) is 14.6. The fraction of sp³-hybridized carbons (Fsp3) is 0.278. The predicted octanol–water partition coefficient (Wildman–Crippen LogP) is -2.16. The Morgan fingerprint density at radius 1 is 1.00 bits per heavy atom. The van der Waals surface area contributed by atoms with Crippen molar-refractivity contribution in [3.63, 3.8) is 0 Å². The summed E-state index contributed by atoms with van der Waals surface area (Å²) in [5.41, 5.74) is 2.02. The maximum absolute atomic E-state index is 12.3. The SMILES string of the molecule is O=C([O-])C(=O)O.O=C(c1ccncc1)N1CC[NH+](Cc2ccncc2)CC1. The molecule has 2 aromatic heterocycles. The Morgan fingerprint density at radius 3 is 1.96 bits per heavy atom. The maximum Gasteiger partial charge on any atom is 0.351 e. The first-order valence-corrected chi connectivity index (χ1v) is 8.33. The molecule has 0 radical (unpaired) electrons. The number of pyridine rings is 2. The molecule has 2 aromatic rings. The summed E-state index contributed by atoms with van der Waals surface area (Å²) in [5, 5.41) is 16.3. The zero-order chi connectivity index (χ0) is 19.6. The first-order valence-electron chi connectivity index (χ1n) is 8.33. The number of aromatic nitrogens is 2. The Balaban J connectivity index is 0.000000380. The average Bonchev–Trinajstić information content (AvgIpc) is 2.70. The molecule has 3 rings (SSSR count). The monoisotopic (exact) mass is 372 g/mol. The van der Waals surface area contributed by atoms with Crippen LogP contribution in [0, 0.1) is 0 Å². The number of hydrogen-bond donors (Lipinski definition) is 2. The van der Waals surface area contributed by atoms with E-state index in [9.17, 15) is 4.79 Å². The van der Waals surface area contributed by atoms with Crippen molar-refractivity contribution in [1.82, 2.24) is 14.9 Å². The lowest BCUT2D eigenvalue weighted by atomic mass is 10.2. The number of nitrogens with one attached hydrogen (secondary N) is 1. The van der Waals surface area contributed by atoms with Crippen molar-refractivity contribution >= 4 is 17.8 Å². The third-order valence-electron chi connectivity index (χ3n) is 4.06. The molecular formula is C18H20N4O5. The fourth-order valence-corrected chi connectivity index (χ4v) is 2.67. The van der Waals surface area contributed by atoms with E-state index in [0.29, 0.717) is 0 Å². The van der Waals surface area contributed by atoms with Crippen LogP contribution in [-0.2, 0) is 16.1 Å². The molecule has 0 bridgehead atoms. The Labute approximate surface area is 155 Å². The van der Waals surface area contributed by atoms with Gasteiger partial charge in [0.2, 0.25) is 0 Å². The number of aliphatic carboxylic acids is 2. The lowest BCUT2D eigenvalue weighted by molar-refractivity contribution is -0.917. The van der Waals surface area contributed by atoms with Crippen LogP contribution in [0.4, 0.5) is 0 Å². The smallest absolute Gasteiger partial charge is 0.351 e. The number of carbonyl (C=O) groups excluding carboxylic acids is 2. The minimum atomic E-state index is -2.07. The van der Waals surface area contributed by atoms with Gasteiger partial charge >= 0.3 is 5.97 Å². The van der Waals surface area contributed by atoms with Gasteiger partial charge in [0.25, 0.3) is 5.91 Å². The van der Waals surface area contributed by atoms with Gasteiger partial charge in [-0.15, -0.1) is 0 Å². The number of quaternary nitrogens is 1. The molecule has 0 spiro atoms. The summed E-state index contributed by atoms with van der Waals surface area (Å²) in [6.45, 7) is 4.58. The second-order valence-electron chi connectivity index (χ2n) is 5.90. The predicted molar refractivity (Wildman–Crippen MR) is 91.4 cm³/mol. The largest absolute Gasteiger partial charge is 0.539 e. The van der Waals surface area contributed by atoms with Crippen molar-refractivity contribution in [3.8, 4) is 0 Å². The first kappa shape index (κ1) is 20.0. The molecule has 142 valence electrons. The Hall–Kier alpha value is -3.33. The van der Waals surface area contributed by atoms with Crippen LogP contribution in [0.15, 0.2) is 49.1 Å². The minimum Gasteiger partial charge on any atom is -0.539 e. The van der Waals surface area contributed by atoms with E-state index in [1.54, 1.807) is 24.5 Å². The van der Waals surface area contributed by atoms with Crippen LogP contribution < -0.4 is 10.0 Å². The van der Waals surface area contributed by atoms with Gasteiger partial charge in [-0.05, 0) is 24.3 Å². The highest BCUT2D eigenvalue weighted by Gasteiger charge is 2.24. The third kappa shape index (κ3) is 6.48. The quantitative estimate of drug-likeness (QED) is 0.587. The maximum atomic E-state index is 12.3. The average molecular weight is 372 g/mol. The lowest BCUT2D eigenvalue weighted by Gasteiger charge is -2.32. The number of rotatable bonds is 3. The van der Waals surface area contributed by atoms with Crippen molar-refractivity contribution in [3.05, 3.63) is 60.2 Å². The van der Waals surface area contributed by atoms with Gasteiger partial charge in [0.15, 0.2) is 5.97 Å². The summed E-state index contributed by atoms with van der Waals surface area (Å²) in [4.78, 5) is 41.8. The summed E-state index contributed by atoms with van der Waals surface area (Å²) in [7, 11) is 0. The topological polar surface area (TPSA) is 128 Å². The van der Waals surface area contributed by atoms with E-state index in [4.69, 9.17) is 19.8 Å². The second kappa shape index (κ2) is 9.97. The van der Waals surface area contributed by atoms with Gasteiger partial charge < -0.3 is 24.8 Å². The van der Waals surface area contributed by atoms with Gasteiger partial charge in [-0.3, -0.25) is 14.8 Å². The lowest BCUT2D eigenvalue weighted by Crippen LogP contribution is -3.13. The number of nitrogens with zero attached hydrogens (tertiary/aromatic N) is 3. The van der Waals surface area contributed by atoms with Crippen molar-refractivity contribution in [2.75, 3.05) is 26.2 Å². The first-order chi connectivity index (χ1) is 13.0. The molecule has 1 saturated heterocycles. The minimum absolute atomic E-state index is 0.111. The standard InChI is InChI=1S/C16H18N4O.C2H2O4/c21-16(15-3-7-18-8-4-15)20-11-9-19(10-12-20)13-14-1-5-17-6-2-14;3-1(4)2(5)6/h1-8H,9-13H2;(H,3,4)(H,5,6). The molecule has 1 aliphatic rings. The molecule has 1 amide bonds. The van der Waals surface area contributed by atoms with Crippen LogP contribution in [0.5, 0.6) is 0 Å². The number of amides is 1. The highest BCUT2D eigenvalue weighted by atomic mass is 16.4. The van der Waals surface area contributed by atoms with Crippen molar-refractivity contribution < 1.29 is 29.5 Å². The second-order valence-corrected chi connectivity index (χ2v) is 5.90. The van der Waals surface area contributed by atoms with E-state index in [1.807, 2.05) is 17.3 Å². The summed E-state index contributed by atoms with van der Waals surface area (Å²) >= 11 is 0. The highest BCUT2D eigenvalue weighted by Crippen LogP contribution is 2.04. The molecule has 2 N–H and O–H groups in total. The van der Waals surface area contributed by atoms with Gasteiger partial charge in [-0.1, -0.05) is 0 Å². The van der Waals surface area contributed by atoms with Crippen LogP contribution in [-0.4, -0.2) is 64.0 Å². The summed E-state index contributed by atoms with van der Waals surface area (Å²) in [6, 6.07) is 7.67. The molecule has 1 fully saturated rings. The number of hydrogen-bond acceptors (Lipinski definition) is 6. The summed E-state index contributed by atoms with van der Waals surface area (Å²) in [6.07, 6.45) is 6.99. The van der Waals surface area contributed by atoms with Crippen molar-refractivity contribution in [1.29, 1.82) is 0 Å². The molecule has 0 saturated carbocycles. The number of carboxylic acids is 2. The molecule has 0 aromatic carbocycles. The van der Waals surface area contributed by atoms with Gasteiger partial charge in [0.1, 0.15) is 6.54 Å². The molecule has 9 nitrogen and oxygen atoms in total. The van der Waals surface area contributed by atoms with E-state index in [2.05, 4.69) is 22.1 Å². The number of carbonyl (C=O) groups is 3. The van der Waals surface area contributed by atoms with E-state index in [1.165, 1.54) is 10.5 Å². The zero-order valence-corrected chi connectivity index (χ0v) is 14.6. The molecule has 27 heavy (non-hydrogen) atoms. The van der Waals surface area contributed by atoms with E-state index < -0.39 is 11.9 Å². The molecule has 1 aliphatic heterocycles. The van der Waals surface area contributed by atoms with Crippen molar-refractivity contribution in [2.24, 2.45) is 0 Å². The van der Waals surface area contributed by atoms with Crippen LogP contribution in [0.1, 0.15) is 15.9 Å². The Bertz CT molecular complexity index is 750. The van der Waals surface area contributed by atoms with Gasteiger partial charge in [0.05, 0.1) is 26.2 Å². The molecule has 3 heterocycles. The summed E-state index contributed by atoms with van der Waals surface area (Å²) < 4.78 is 0. The van der Waals surface area contributed by atoms with E-state index >= 15 is 0 Å². The number of piperazine rings is 1. The summed E-state index contributed by atoms with van der Waals surface area (Å²) in [5.74, 6) is -3.90. The molecule has 9 heteroatoms. The Morgan fingerprint density at radius 2 is 1.48 bits per heavy atom. The van der Waals surface area contributed by atoms with Crippen LogP contribution in [0.3, 0.4) is 0 Å². The highest BCUT2D eigenvalue weighted by molar-refractivity contribution is 6.26. The fourth-order valence-electron chi connectivity index (χ4n) is 2.67. The molecule has 0 unspecified atom stereocenters. The van der Waals surface area contributed by atoms with Gasteiger partial charge in [-0.25, -0.2) is 4.79 Å². The van der Waals surface area contributed by atoms with Crippen LogP contribution >= 0.6 is 0 Å². The molecule has 0 atom stereocenters. The van der Waals surface area contributed by atoms with E-state index in [-0.39, 0.29) is 5.91 Å². The normalized spacial score (nSPS) is 14.0. The van der Waals surface area contributed by atoms with Crippen LogP contribution in [0.25, 0.3) is 0 Å².